The summed E-state index contributed by atoms with van der Waals surface area (Å²) in [6, 6.07) is -1.23. The molecule has 10 unspecified atom stereocenters. The summed E-state index contributed by atoms with van der Waals surface area (Å²) in [6.07, 6.45) is -2.54. The smallest absolute Gasteiger partial charge is 0.131 e. The molecule has 2 rings (SSSR count). The quantitative estimate of drug-likeness (QED) is 0.244. The molecule has 0 amide bonds. The van der Waals surface area contributed by atoms with Crippen LogP contribution in [0.3, 0.4) is 0 Å². The Balaban J connectivity index is 0.000000320. The molecule has 2 heterocycles. The molecule has 10 atom stereocenters. The standard InChI is InChI=1S/C8H16BO6P.C8H16BO5PS/c1-12-6-5(4-14-16(3,10)11)15-8(9)7(6)13-2;1-11-6-5(4-13-15(3,10)16)14-8(9)7(6)12-2/h5-8H,4H2,1-3H3,(H,10,11);5-8H,4H2,1-3H3,(H,10,16)/p-2. The maximum atomic E-state index is 11.2. The Hall–Kier alpha value is 0.610. The fourth-order valence-electron chi connectivity index (χ4n) is 3.30. The van der Waals surface area contributed by atoms with Gasteiger partial charge in [-0.3, -0.25) is 0 Å². The maximum absolute atomic E-state index is 11.2. The van der Waals surface area contributed by atoms with Gasteiger partial charge in [-0.05, 0) is 13.2 Å². The topological polar surface area (TPSA) is 137 Å². The second kappa shape index (κ2) is 13.6. The molecule has 184 valence electrons. The first kappa shape index (κ1) is 30.6. The van der Waals surface area contributed by atoms with E-state index in [1.54, 1.807) is 0 Å². The lowest BCUT2D eigenvalue weighted by Crippen LogP contribution is -2.37. The molecule has 0 bridgehead atoms. The van der Waals surface area contributed by atoms with Crippen molar-refractivity contribution in [3.8, 4) is 0 Å². The minimum Gasteiger partial charge on any atom is -0.801 e. The molecule has 16 heteroatoms. The minimum absolute atomic E-state index is 0.0867. The molecule has 0 aromatic heterocycles. The van der Waals surface area contributed by atoms with Crippen molar-refractivity contribution >= 4 is 41.6 Å². The first-order valence-electron chi connectivity index (χ1n) is 9.57. The number of methoxy groups -OCH3 is 4. The number of ether oxygens (including phenoxy) is 6. The normalized spacial score (nSPS) is 38.5. The van der Waals surface area contributed by atoms with Crippen LogP contribution in [0.2, 0.25) is 0 Å². The van der Waals surface area contributed by atoms with Gasteiger partial charge in [-0.25, -0.2) is 0 Å². The molecule has 0 N–H and O–H groups in total. The van der Waals surface area contributed by atoms with Gasteiger partial charge in [0, 0.05) is 47.1 Å². The summed E-state index contributed by atoms with van der Waals surface area (Å²) in [5.74, 6) is 0. The van der Waals surface area contributed by atoms with Gasteiger partial charge in [-0.2, -0.15) is 0 Å². The predicted octanol–water partition coefficient (Wildman–Crippen LogP) is -1.66. The van der Waals surface area contributed by atoms with Gasteiger partial charge in [0.25, 0.3) is 0 Å². The van der Waals surface area contributed by atoms with Gasteiger partial charge in [0.15, 0.2) is 0 Å². The van der Waals surface area contributed by atoms with Crippen molar-refractivity contribution in [3.63, 3.8) is 0 Å². The van der Waals surface area contributed by atoms with E-state index in [9.17, 15) is 14.4 Å². The molecule has 0 saturated carbocycles. The van der Waals surface area contributed by atoms with Crippen LogP contribution in [0.15, 0.2) is 0 Å². The average Bonchev–Trinajstić information content (AvgIpc) is 3.18. The first-order chi connectivity index (χ1) is 14.8. The van der Waals surface area contributed by atoms with Crippen LogP contribution in [0, 0.1) is 0 Å². The molecule has 2 fully saturated rings. The molecule has 0 spiro atoms. The van der Waals surface area contributed by atoms with E-state index in [-0.39, 0.29) is 25.4 Å². The van der Waals surface area contributed by atoms with Crippen LogP contribution in [0.4, 0.5) is 0 Å². The van der Waals surface area contributed by atoms with E-state index in [1.807, 2.05) is 0 Å². The van der Waals surface area contributed by atoms with Crippen LogP contribution in [0.25, 0.3) is 0 Å². The molecule has 0 aliphatic carbocycles. The summed E-state index contributed by atoms with van der Waals surface area (Å²) in [6.45, 7) is -0.607. The van der Waals surface area contributed by atoms with Crippen LogP contribution in [-0.2, 0) is 53.8 Å². The van der Waals surface area contributed by atoms with Gasteiger partial charge >= 0.3 is 0 Å². The molecule has 0 aromatic rings. The van der Waals surface area contributed by atoms with Crippen LogP contribution < -0.4 is 9.79 Å². The minimum atomic E-state index is -3.77. The van der Waals surface area contributed by atoms with Crippen molar-refractivity contribution in [1.82, 2.24) is 0 Å². The largest absolute Gasteiger partial charge is 0.801 e. The summed E-state index contributed by atoms with van der Waals surface area (Å²) in [4.78, 5) is 22.1. The van der Waals surface area contributed by atoms with Gasteiger partial charge in [-0.1, -0.05) is 11.8 Å². The van der Waals surface area contributed by atoms with Crippen molar-refractivity contribution in [2.75, 3.05) is 55.0 Å². The molecule has 11 nitrogen and oxygen atoms in total. The van der Waals surface area contributed by atoms with E-state index in [0.717, 1.165) is 6.66 Å². The molecular formula is C16H30B2O11P2S-2. The Morgan fingerprint density at radius 1 is 0.781 bits per heavy atom. The third-order valence-electron chi connectivity index (χ3n) is 4.73. The van der Waals surface area contributed by atoms with Crippen molar-refractivity contribution in [2.45, 2.75) is 48.6 Å². The molecule has 32 heavy (non-hydrogen) atoms. The van der Waals surface area contributed by atoms with E-state index < -0.39 is 50.5 Å². The second-order valence-corrected chi connectivity index (χ2v) is 12.8. The highest BCUT2D eigenvalue weighted by molar-refractivity contribution is 8.08. The lowest BCUT2D eigenvalue weighted by molar-refractivity contribution is -0.199. The number of rotatable bonds is 10. The fraction of sp³-hybridized carbons (Fsp3) is 1.00. The van der Waals surface area contributed by atoms with E-state index >= 15 is 0 Å². The summed E-state index contributed by atoms with van der Waals surface area (Å²) in [5.41, 5.74) is 0. The van der Waals surface area contributed by atoms with E-state index in [1.165, 1.54) is 35.1 Å². The molecular weight excluding hydrogens is 484 g/mol. The molecule has 2 aliphatic rings. The zero-order valence-electron chi connectivity index (χ0n) is 19.0. The number of hydrogen-bond acceptors (Lipinski definition) is 12. The van der Waals surface area contributed by atoms with Crippen LogP contribution in [0.1, 0.15) is 0 Å². The monoisotopic (exact) mass is 514 g/mol. The van der Waals surface area contributed by atoms with Crippen LogP contribution in [0.5, 0.6) is 0 Å². The molecule has 2 saturated heterocycles. The van der Waals surface area contributed by atoms with Crippen molar-refractivity contribution in [3.05, 3.63) is 0 Å². The van der Waals surface area contributed by atoms with Gasteiger partial charge in [0.05, 0.1) is 13.2 Å². The van der Waals surface area contributed by atoms with Crippen molar-refractivity contribution in [2.24, 2.45) is 0 Å². The lowest BCUT2D eigenvalue weighted by Gasteiger charge is -2.26. The third-order valence-corrected chi connectivity index (χ3v) is 6.28. The fourth-order valence-corrected chi connectivity index (χ4v) is 4.32. The van der Waals surface area contributed by atoms with E-state index in [2.05, 4.69) is 16.3 Å². The summed E-state index contributed by atoms with van der Waals surface area (Å²) < 4.78 is 51.9. The Kier molecular flexibility index (Phi) is 13.1. The zero-order valence-corrected chi connectivity index (χ0v) is 21.6. The first-order valence-corrected chi connectivity index (χ1v) is 14.6. The van der Waals surface area contributed by atoms with Gasteiger partial charge in [0.2, 0.25) is 0 Å². The van der Waals surface area contributed by atoms with E-state index in [4.69, 9.17) is 48.6 Å². The van der Waals surface area contributed by atoms with Crippen molar-refractivity contribution in [1.29, 1.82) is 0 Å². The predicted molar refractivity (Wildman–Crippen MR) is 118 cm³/mol. The SMILES string of the molecule is [B]C1OC(COP(C)(=O)[O-])C(OC)C1OC.[B]C1OC(COP(C)([O-])=S)C(OC)C1OC. The third kappa shape index (κ3) is 9.70. The highest BCUT2D eigenvalue weighted by Crippen LogP contribution is 2.35. The Morgan fingerprint density at radius 3 is 1.41 bits per heavy atom. The van der Waals surface area contributed by atoms with E-state index in [0.29, 0.717) is 0 Å². The highest BCUT2D eigenvalue weighted by atomic mass is 32.5. The zero-order chi connectivity index (χ0) is 24.7. The van der Waals surface area contributed by atoms with Gasteiger partial charge in [0.1, 0.15) is 59.9 Å². The summed E-state index contributed by atoms with van der Waals surface area (Å²) in [5, 5.41) is 0. The van der Waals surface area contributed by atoms with Gasteiger partial charge < -0.3 is 51.8 Å². The van der Waals surface area contributed by atoms with Crippen LogP contribution in [-0.4, -0.2) is 119 Å². The Labute approximate surface area is 197 Å². The van der Waals surface area contributed by atoms with Gasteiger partial charge in [-0.15, -0.1) is 0 Å². The highest BCUT2D eigenvalue weighted by Gasteiger charge is 2.43. The Morgan fingerprint density at radius 2 is 1.12 bits per heavy atom. The summed E-state index contributed by atoms with van der Waals surface area (Å²) >= 11 is 4.66. The van der Waals surface area contributed by atoms with Crippen molar-refractivity contribution < 1.29 is 51.8 Å². The molecule has 2 aliphatic heterocycles. The lowest BCUT2D eigenvalue weighted by atomic mass is 9.93. The average molecular weight is 514 g/mol. The maximum Gasteiger partial charge on any atom is 0.131 e. The molecule has 0 aromatic carbocycles. The molecule has 4 radical (unpaired) electrons. The summed E-state index contributed by atoms with van der Waals surface area (Å²) in [7, 11) is 13.6. The van der Waals surface area contributed by atoms with Crippen LogP contribution >= 0.6 is 14.1 Å². The second-order valence-electron chi connectivity index (χ2n) is 7.21. The number of hydrogen-bond donors (Lipinski definition) is 0. The Bertz CT molecular complexity index is 597.